The van der Waals surface area contributed by atoms with Gasteiger partial charge in [-0.25, -0.2) is 9.78 Å². The molecule has 9 nitrogen and oxygen atoms in total. The first-order valence-corrected chi connectivity index (χ1v) is 8.95. The second-order valence-electron chi connectivity index (χ2n) is 7.14. The lowest BCUT2D eigenvalue weighted by atomic mass is 10.0. The maximum atomic E-state index is 12.2. The molecule has 1 aromatic heterocycles. The van der Waals surface area contributed by atoms with E-state index in [9.17, 15) is 14.4 Å². The zero-order valence-electron chi connectivity index (χ0n) is 15.5. The van der Waals surface area contributed by atoms with E-state index in [0.29, 0.717) is 24.5 Å². The molecule has 0 aliphatic carbocycles. The molecule has 148 valence electrons. The van der Waals surface area contributed by atoms with Gasteiger partial charge in [-0.3, -0.25) is 9.59 Å². The Morgan fingerprint density at radius 2 is 1.93 bits per heavy atom. The van der Waals surface area contributed by atoms with Crippen LogP contribution in [-0.4, -0.2) is 53.7 Å². The number of amides is 3. The third kappa shape index (κ3) is 7.03. The number of rotatable bonds is 3. The van der Waals surface area contributed by atoms with Crippen LogP contribution in [-0.2, 0) is 14.3 Å². The van der Waals surface area contributed by atoms with E-state index < -0.39 is 35.6 Å². The van der Waals surface area contributed by atoms with E-state index in [-0.39, 0.29) is 5.82 Å². The summed E-state index contributed by atoms with van der Waals surface area (Å²) < 4.78 is 5.24. The molecule has 0 aromatic carbocycles. The minimum Gasteiger partial charge on any atom is -0.444 e. The number of halogens is 1. The third-order valence-corrected chi connectivity index (χ3v) is 3.90. The Hall–Kier alpha value is -2.39. The minimum absolute atomic E-state index is 0.216. The van der Waals surface area contributed by atoms with Gasteiger partial charge < -0.3 is 26.0 Å². The van der Waals surface area contributed by atoms with Crippen molar-refractivity contribution >= 4 is 35.3 Å². The van der Waals surface area contributed by atoms with E-state index in [2.05, 4.69) is 26.3 Å². The van der Waals surface area contributed by atoms with Crippen LogP contribution >= 0.6 is 11.6 Å². The van der Waals surface area contributed by atoms with E-state index >= 15 is 0 Å². The first kappa shape index (κ1) is 20.9. The van der Waals surface area contributed by atoms with Gasteiger partial charge >= 0.3 is 17.9 Å². The van der Waals surface area contributed by atoms with Gasteiger partial charge in [-0.1, -0.05) is 11.6 Å². The van der Waals surface area contributed by atoms with Crippen LogP contribution in [0.25, 0.3) is 0 Å². The normalized spacial score (nSPS) is 19.7. The van der Waals surface area contributed by atoms with E-state index in [1.165, 1.54) is 12.3 Å². The fourth-order valence-corrected chi connectivity index (χ4v) is 2.61. The first-order valence-electron chi connectivity index (χ1n) is 8.58. The monoisotopic (exact) mass is 397 g/mol. The average Bonchev–Trinajstić information content (AvgIpc) is 2.57. The number of ether oxygens (including phenoxy) is 1. The number of anilines is 1. The van der Waals surface area contributed by atoms with Gasteiger partial charge in [0.05, 0.1) is 17.1 Å². The average molecular weight is 398 g/mol. The maximum absolute atomic E-state index is 12.2. The number of hydrogen-bond donors (Lipinski definition) is 4. The van der Waals surface area contributed by atoms with Crippen molar-refractivity contribution in [2.75, 3.05) is 18.4 Å². The number of alkyl carbamates (subject to hydrolysis) is 1. The second-order valence-corrected chi connectivity index (χ2v) is 7.58. The van der Waals surface area contributed by atoms with Crippen LogP contribution in [0.5, 0.6) is 0 Å². The van der Waals surface area contributed by atoms with Gasteiger partial charge in [0.2, 0.25) is 0 Å². The van der Waals surface area contributed by atoms with Gasteiger partial charge in [0.1, 0.15) is 11.4 Å². The van der Waals surface area contributed by atoms with Crippen LogP contribution in [0, 0.1) is 0 Å². The minimum atomic E-state index is -0.848. The predicted molar refractivity (Wildman–Crippen MR) is 100 cm³/mol. The summed E-state index contributed by atoms with van der Waals surface area (Å²) in [5, 5.41) is 11.3. The first-order chi connectivity index (χ1) is 12.6. The van der Waals surface area contributed by atoms with Crippen molar-refractivity contribution in [2.45, 2.75) is 44.9 Å². The molecule has 4 N–H and O–H groups in total. The fraction of sp³-hybridized carbons (Fsp3) is 0.529. The molecule has 10 heteroatoms. The van der Waals surface area contributed by atoms with E-state index in [1.54, 1.807) is 26.8 Å². The third-order valence-electron chi connectivity index (χ3n) is 3.68. The molecular weight excluding hydrogens is 374 g/mol. The highest BCUT2D eigenvalue weighted by Gasteiger charge is 2.30. The van der Waals surface area contributed by atoms with E-state index in [1.807, 2.05) is 0 Å². The summed E-state index contributed by atoms with van der Waals surface area (Å²) in [6.45, 7) is 6.39. The molecular formula is C17H24ClN5O4. The molecule has 1 saturated heterocycles. The van der Waals surface area contributed by atoms with Crippen LogP contribution in [0.1, 0.15) is 27.2 Å². The van der Waals surface area contributed by atoms with Gasteiger partial charge in [-0.15, -0.1) is 0 Å². The molecule has 0 saturated carbocycles. The molecule has 2 rings (SSSR count). The molecule has 2 heterocycles. The van der Waals surface area contributed by atoms with Crippen LogP contribution in [0.2, 0.25) is 5.02 Å². The molecule has 0 radical (unpaired) electrons. The lowest BCUT2D eigenvalue weighted by Crippen LogP contribution is -2.61. The van der Waals surface area contributed by atoms with Crippen molar-refractivity contribution < 1.29 is 19.1 Å². The van der Waals surface area contributed by atoms with Gasteiger partial charge in [-0.2, -0.15) is 0 Å². The maximum Gasteiger partial charge on any atom is 0.407 e. The number of aromatic nitrogens is 1. The van der Waals surface area contributed by atoms with Crippen molar-refractivity contribution in [1.82, 2.24) is 20.9 Å². The summed E-state index contributed by atoms with van der Waals surface area (Å²) in [5.74, 6) is -1.44. The molecule has 0 spiro atoms. The van der Waals surface area contributed by atoms with Gasteiger partial charge in [-0.05, 0) is 45.9 Å². The zero-order chi connectivity index (χ0) is 20.0. The number of hydrogen-bond acceptors (Lipinski definition) is 6. The lowest BCUT2D eigenvalue weighted by Gasteiger charge is -2.33. The standard InChI is InChI=1S/C17H24ClN5O4/c1-17(2,3)27-16(26)22-12-9-19-7-6-11(12)21-14(24)15(25)23-13-5-4-10(18)8-20-13/h4-5,8,11-12,19H,6-7,9H2,1-3H3,(H,21,24)(H,22,26)(H,20,23,25)/t11-,12+/m0/s1. The highest BCUT2D eigenvalue weighted by atomic mass is 35.5. The van der Waals surface area contributed by atoms with Crippen molar-refractivity contribution in [2.24, 2.45) is 0 Å². The number of carbonyl (C=O) groups is 3. The Morgan fingerprint density at radius 3 is 2.56 bits per heavy atom. The Kier molecular flexibility index (Phi) is 6.98. The Labute approximate surface area is 162 Å². The van der Waals surface area contributed by atoms with Crippen LogP contribution in [0.4, 0.5) is 10.6 Å². The summed E-state index contributed by atoms with van der Waals surface area (Å²) in [5.41, 5.74) is -0.629. The van der Waals surface area contributed by atoms with Crippen LogP contribution < -0.4 is 21.3 Å². The molecule has 1 fully saturated rings. The quantitative estimate of drug-likeness (QED) is 0.565. The van der Waals surface area contributed by atoms with Crippen molar-refractivity contribution in [3.63, 3.8) is 0 Å². The number of carbonyl (C=O) groups excluding carboxylic acids is 3. The highest BCUT2D eigenvalue weighted by molar-refractivity contribution is 6.39. The molecule has 27 heavy (non-hydrogen) atoms. The Bertz CT molecular complexity index is 690. The molecule has 3 amide bonds. The van der Waals surface area contributed by atoms with Crippen molar-refractivity contribution in [3.05, 3.63) is 23.4 Å². The summed E-state index contributed by atoms with van der Waals surface area (Å²) in [4.78, 5) is 40.2. The number of piperidine rings is 1. The largest absolute Gasteiger partial charge is 0.444 e. The predicted octanol–water partition coefficient (Wildman–Crippen LogP) is 1.04. The molecule has 1 aromatic rings. The second kappa shape index (κ2) is 9.01. The Balaban J connectivity index is 1.91. The lowest BCUT2D eigenvalue weighted by molar-refractivity contribution is -0.136. The molecule has 0 unspecified atom stereocenters. The van der Waals surface area contributed by atoms with Gasteiger partial charge in [0.15, 0.2) is 0 Å². The molecule has 0 bridgehead atoms. The summed E-state index contributed by atoms with van der Waals surface area (Å²) in [6.07, 6.45) is 1.34. The van der Waals surface area contributed by atoms with Gasteiger partial charge in [0.25, 0.3) is 0 Å². The Morgan fingerprint density at radius 1 is 1.19 bits per heavy atom. The van der Waals surface area contributed by atoms with Crippen molar-refractivity contribution in [1.29, 1.82) is 0 Å². The number of nitrogens with one attached hydrogen (secondary N) is 4. The molecule has 1 aliphatic heterocycles. The number of pyridine rings is 1. The molecule has 2 atom stereocenters. The fourth-order valence-electron chi connectivity index (χ4n) is 2.50. The van der Waals surface area contributed by atoms with E-state index in [0.717, 1.165) is 0 Å². The van der Waals surface area contributed by atoms with Crippen molar-refractivity contribution in [3.8, 4) is 0 Å². The molecule has 1 aliphatic rings. The zero-order valence-corrected chi connectivity index (χ0v) is 16.2. The van der Waals surface area contributed by atoms with Crippen LogP contribution in [0.3, 0.4) is 0 Å². The summed E-state index contributed by atoms with van der Waals surface area (Å²) in [7, 11) is 0. The van der Waals surface area contributed by atoms with Gasteiger partial charge in [0, 0.05) is 12.7 Å². The summed E-state index contributed by atoms with van der Waals surface area (Å²) in [6, 6.07) is 2.23. The van der Waals surface area contributed by atoms with Crippen LogP contribution in [0.15, 0.2) is 18.3 Å². The summed E-state index contributed by atoms with van der Waals surface area (Å²) >= 11 is 5.73. The number of nitrogens with zero attached hydrogens (tertiary/aromatic N) is 1. The van der Waals surface area contributed by atoms with E-state index in [4.69, 9.17) is 16.3 Å². The topological polar surface area (TPSA) is 121 Å². The highest BCUT2D eigenvalue weighted by Crippen LogP contribution is 2.11. The SMILES string of the molecule is CC(C)(C)OC(=O)N[C@@H]1CNCC[C@@H]1NC(=O)C(=O)Nc1ccc(Cl)cn1. The smallest absolute Gasteiger partial charge is 0.407 e.